The molecule has 10 aromatic rings. The third-order valence-corrected chi connectivity index (χ3v) is 27.9. The van der Waals surface area contributed by atoms with E-state index in [9.17, 15) is 0 Å². The summed E-state index contributed by atoms with van der Waals surface area (Å²) in [5, 5.41) is 0. The molecule has 1 aliphatic rings. The smallest absolute Gasteiger partial charge is 0.127 e. The van der Waals surface area contributed by atoms with Crippen molar-refractivity contribution in [2.75, 3.05) is 36.2 Å². The van der Waals surface area contributed by atoms with Gasteiger partial charge in [-0.2, -0.15) is 0 Å². The molecule has 6 nitrogen and oxygen atoms in total. The predicted octanol–water partition coefficient (Wildman–Crippen LogP) is 37.7. The van der Waals surface area contributed by atoms with Crippen LogP contribution in [-0.2, 0) is 5.41 Å². The third-order valence-electron chi connectivity index (χ3n) is 27.9. The number of hydrogen-bond acceptors (Lipinski definition) is 6. The van der Waals surface area contributed by atoms with Gasteiger partial charge in [0.15, 0.2) is 0 Å². The molecule has 129 heavy (non-hydrogen) atoms. The Morgan fingerprint density at radius 1 is 0.264 bits per heavy atom. The van der Waals surface area contributed by atoms with Crippen LogP contribution in [0.1, 0.15) is 334 Å². The van der Waals surface area contributed by atoms with Crippen LogP contribution in [0.3, 0.4) is 0 Å². The highest BCUT2D eigenvalue weighted by molar-refractivity contribution is 5.89. The molecule has 0 heterocycles. The van der Waals surface area contributed by atoms with Crippen molar-refractivity contribution < 1.29 is 18.9 Å². The fourth-order valence-electron chi connectivity index (χ4n) is 19.5. The monoisotopic (exact) mass is 1740 g/mol. The fraction of sp³-hybridized carbons (Fsp3) is 0.496. The van der Waals surface area contributed by atoms with Gasteiger partial charge in [0.2, 0.25) is 0 Å². The first-order valence-electron chi connectivity index (χ1n) is 51.4. The van der Waals surface area contributed by atoms with Crippen molar-refractivity contribution in [3.63, 3.8) is 0 Å². The maximum atomic E-state index is 7.44. The number of para-hydroxylation sites is 2. The largest absolute Gasteiger partial charge is 0.493 e. The van der Waals surface area contributed by atoms with Gasteiger partial charge in [0.25, 0.3) is 0 Å². The molecule has 11 rings (SSSR count). The third kappa shape index (κ3) is 29.6. The van der Waals surface area contributed by atoms with Crippen molar-refractivity contribution in [2.24, 2.45) is 47.3 Å². The molecule has 0 N–H and O–H groups in total. The Morgan fingerprint density at radius 3 is 1.03 bits per heavy atom. The van der Waals surface area contributed by atoms with Crippen LogP contribution in [0.25, 0.3) is 56.7 Å². The summed E-state index contributed by atoms with van der Waals surface area (Å²) in [4.78, 5) is 4.74. The average Bonchev–Trinajstić information content (AvgIpc) is 1.56. The number of fused-ring (bicyclic) bond motifs is 3. The minimum Gasteiger partial charge on any atom is -0.493 e. The molecule has 0 amide bonds. The maximum Gasteiger partial charge on any atom is 0.127 e. The molecular formula is C123H166N2O4. The molecule has 0 bridgehead atoms. The Bertz CT molecular complexity index is 4990. The molecule has 0 saturated carbocycles. The number of aryl methyl sites for hydroxylation is 4. The zero-order valence-electron chi connectivity index (χ0n) is 83.5. The van der Waals surface area contributed by atoms with E-state index in [1.807, 2.05) is 0 Å². The summed E-state index contributed by atoms with van der Waals surface area (Å²) in [6.45, 7) is 44.6. The van der Waals surface area contributed by atoms with Crippen molar-refractivity contribution >= 4 is 46.3 Å². The molecule has 0 fully saturated rings. The second-order valence-corrected chi connectivity index (χ2v) is 41.0. The Balaban J connectivity index is 1.02. The SMILES string of the molecule is CCCCCCCCC1(CCCCCCCC)c2cc(C)ccc2-c2ccc(-c3cc(OCCC(C)CCCC(C)C)c(C=Cc4cc(OCCC(C)CCCC(C)C)c(-c5ccc(N(c6ccccc6)c6ccc(-c7ccc(N(c8ccccc8)c8ccc(C)c(C)c8)cc7)cc6)cc5C)cc4OCCC(C)CCCC(C)C)cc3OCCC(C)CCCC(C)C)cc21. The molecule has 1 aliphatic carbocycles. The number of unbranched alkanes of at least 4 members (excludes halogenated alkanes) is 10. The minimum atomic E-state index is -0.0795. The van der Waals surface area contributed by atoms with Crippen molar-refractivity contribution in [1.29, 1.82) is 0 Å². The first-order chi connectivity index (χ1) is 62.5. The summed E-state index contributed by atoms with van der Waals surface area (Å²) in [6.07, 6.45) is 41.0. The lowest BCUT2D eigenvalue weighted by Gasteiger charge is -2.33. The van der Waals surface area contributed by atoms with E-state index < -0.39 is 0 Å². The lowest BCUT2D eigenvalue weighted by molar-refractivity contribution is 0.269. The Labute approximate surface area is 784 Å². The van der Waals surface area contributed by atoms with Crippen LogP contribution >= 0.6 is 0 Å². The molecule has 0 spiro atoms. The van der Waals surface area contributed by atoms with E-state index >= 15 is 0 Å². The zero-order valence-corrected chi connectivity index (χ0v) is 83.5. The van der Waals surface area contributed by atoms with E-state index in [-0.39, 0.29) is 5.41 Å². The number of rotatable bonds is 57. The predicted molar refractivity (Wildman–Crippen MR) is 560 cm³/mol. The number of benzene rings is 10. The molecule has 0 radical (unpaired) electrons. The van der Waals surface area contributed by atoms with Crippen molar-refractivity contribution in [3.05, 3.63) is 251 Å². The van der Waals surface area contributed by atoms with E-state index in [0.29, 0.717) is 73.8 Å². The van der Waals surface area contributed by atoms with Crippen LogP contribution in [0.4, 0.5) is 34.1 Å². The Hall–Kier alpha value is -9.26. The fourth-order valence-corrected chi connectivity index (χ4v) is 19.5. The number of nitrogens with zero attached hydrogens (tertiary/aromatic N) is 2. The summed E-state index contributed by atoms with van der Waals surface area (Å²) in [5.74, 6) is 8.37. The van der Waals surface area contributed by atoms with Crippen molar-refractivity contribution in [3.8, 4) is 67.5 Å². The van der Waals surface area contributed by atoms with Gasteiger partial charge in [-0.3, -0.25) is 0 Å². The first kappa shape index (κ1) is 100. The van der Waals surface area contributed by atoms with Crippen LogP contribution in [0.5, 0.6) is 23.0 Å². The van der Waals surface area contributed by atoms with Crippen LogP contribution < -0.4 is 28.7 Å². The molecule has 0 aromatic heterocycles. The highest BCUT2D eigenvalue weighted by Crippen LogP contribution is 2.57. The topological polar surface area (TPSA) is 43.4 Å². The van der Waals surface area contributed by atoms with E-state index in [1.165, 1.54) is 206 Å². The minimum absolute atomic E-state index is 0.0795. The normalized spacial score (nSPS) is 13.3. The van der Waals surface area contributed by atoms with Gasteiger partial charge in [0.1, 0.15) is 23.0 Å². The van der Waals surface area contributed by atoms with E-state index in [1.54, 1.807) is 5.56 Å². The van der Waals surface area contributed by atoms with Gasteiger partial charge in [-0.05, 0) is 278 Å². The summed E-state index contributed by atoms with van der Waals surface area (Å²) in [5.41, 5.74) is 26.3. The number of ether oxygens (including phenoxy) is 4. The molecule has 4 unspecified atom stereocenters. The van der Waals surface area contributed by atoms with Gasteiger partial charge in [0.05, 0.1) is 26.4 Å². The molecule has 692 valence electrons. The number of anilines is 6. The van der Waals surface area contributed by atoms with Gasteiger partial charge >= 0.3 is 0 Å². The lowest BCUT2D eigenvalue weighted by Crippen LogP contribution is -2.25. The molecule has 4 atom stereocenters. The second-order valence-electron chi connectivity index (χ2n) is 41.0. The molecule has 0 saturated heterocycles. The van der Waals surface area contributed by atoms with E-state index in [4.69, 9.17) is 18.9 Å². The van der Waals surface area contributed by atoms with Gasteiger partial charge in [-0.25, -0.2) is 0 Å². The highest BCUT2D eigenvalue weighted by atomic mass is 16.5. The summed E-state index contributed by atoms with van der Waals surface area (Å²) in [6, 6.07) is 77.7. The van der Waals surface area contributed by atoms with Crippen LogP contribution in [0.15, 0.2) is 206 Å². The standard InChI is InChI=1S/C123H166N2O4/c1-19-21-23-25-27-35-75-123(76-36-28-26-24-22-20-2)117-81-97(15)53-68-113(117)114-69-61-103(84-118(114)123)115-87-119(126-77-71-93(11)45-37-41-89(3)4)104(85-121(115)128-79-73-95(13)47-39-43-91(7)8)55-56-105-86-122(129-80-74-96(14)48-40-44-92(9)10)116(88-120(105)127-78-72-94(12)46-38-42-90(5)6)112-70-67-111(83-100(112)18)125(107-51-33-30-34-52-107)109-65-59-102(60-66-109)101-57-63-108(64-58-101)124(106-49-31-29-32-50-106)110-62-54-98(16)99(17)82-110/h29-34,49-70,81-96H,19-28,35-48,71-80H2,1-18H3. The Morgan fingerprint density at radius 2 is 0.612 bits per heavy atom. The summed E-state index contributed by atoms with van der Waals surface area (Å²) < 4.78 is 29.6. The molecule has 6 heteroatoms. The molecular weight excluding hydrogens is 1570 g/mol. The van der Waals surface area contributed by atoms with Gasteiger partial charge < -0.3 is 28.7 Å². The zero-order chi connectivity index (χ0) is 91.6. The van der Waals surface area contributed by atoms with Gasteiger partial charge in [-0.1, -0.05) is 372 Å². The Kier molecular flexibility index (Phi) is 40.1. The first-order valence-corrected chi connectivity index (χ1v) is 51.4. The molecule has 10 aromatic carbocycles. The van der Waals surface area contributed by atoms with E-state index in [2.05, 4.69) is 353 Å². The highest BCUT2D eigenvalue weighted by Gasteiger charge is 2.43. The van der Waals surface area contributed by atoms with Crippen molar-refractivity contribution in [1.82, 2.24) is 0 Å². The lowest BCUT2D eigenvalue weighted by atomic mass is 9.70. The number of hydrogen-bond donors (Lipinski definition) is 0. The van der Waals surface area contributed by atoms with Crippen molar-refractivity contribution in [2.45, 2.75) is 323 Å². The van der Waals surface area contributed by atoms with Gasteiger partial charge in [0, 0.05) is 61.8 Å². The van der Waals surface area contributed by atoms with Gasteiger partial charge in [-0.15, -0.1) is 0 Å². The van der Waals surface area contributed by atoms with E-state index in [0.717, 1.165) is 127 Å². The quantitative estimate of drug-likeness (QED) is 0.0280. The van der Waals surface area contributed by atoms with Crippen LogP contribution in [-0.4, -0.2) is 26.4 Å². The van der Waals surface area contributed by atoms with Crippen LogP contribution in [0, 0.1) is 75.0 Å². The van der Waals surface area contributed by atoms with Crippen LogP contribution in [0.2, 0.25) is 0 Å². The maximum absolute atomic E-state index is 7.44. The summed E-state index contributed by atoms with van der Waals surface area (Å²) in [7, 11) is 0. The summed E-state index contributed by atoms with van der Waals surface area (Å²) >= 11 is 0. The average molecular weight is 1740 g/mol. The molecule has 0 aliphatic heterocycles. The second kappa shape index (κ2) is 51.5.